The van der Waals surface area contributed by atoms with Crippen LogP contribution in [0.3, 0.4) is 0 Å². The monoisotopic (exact) mass is 535 g/mol. The highest BCUT2D eigenvalue weighted by molar-refractivity contribution is 6.08. The van der Waals surface area contributed by atoms with Crippen molar-refractivity contribution in [3.8, 4) is 16.9 Å². The molecular formula is C34H33NO5. The van der Waals surface area contributed by atoms with Crippen molar-refractivity contribution in [2.75, 3.05) is 14.1 Å². The van der Waals surface area contributed by atoms with Crippen molar-refractivity contribution in [3.63, 3.8) is 0 Å². The number of carbonyl (C=O) groups is 3. The van der Waals surface area contributed by atoms with E-state index in [1.807, 2.05) is 87.7 Å². The molecular weight excluding hydrogens is 502 g/mol. The number of ketones is 1. The molecule has 0 heterocycles. The summed E-state index contributed by atoms with van der Waals surface area (Å²) >= 11 is 0. The molecule has 4 aromatic carbocycles. The molecule has 1 N–H and O–H groups in total. The summed E-state index contributed by atoms with van der Waals surface area (Å²) in [5, 5.41) is 8.52. The molecule has 204 valence electrons. The highest BCUT2D eigenvalue weighted by Gasteiger charge is 2.10. The lowest BCUT2D eigenvalue weighted by Crippen LogP contribution is -2.16. The fraction of sp³-hybridized carbons (Fsp3) is 0.147. The topological polar surface area (TPSA) is 83.9 Å². The normalized spacial score (nSPS) is 11.4. The van der Waals surface area contributed by atoms with E-state index in [9.17, 15) is 14.4 Å². The van der Waals surface area contributed by atoms with Gasteiger partial charge >= 0.3 is 11.9 Å². The van der Waals surface area contributed by atoms with E-state index >= 15 is 0 Å². The average Bonchev–Trinajstić information content (AvgIpc) is 2.97. The summed E-state index contributed by atoms with van der Waals surface area (Å²) in [5.74, 6) is -1.46. The molecule has 6 nitrogen and oxygen atoms in total. The number of hydrogen-bond donors (Lipinski definition) is 1. The van der Waals surface area contributed by atoms with E-state index in [4.69, 9.17) is 9.84 Å². The van der Waals surface area contributed by atoms with Crippen LogP contribution in [-0.4, -0.2) is 41.8 Å². The van der Waals surface area contributed by atoms with Crippen molar-refractivity contribution in [3.05, 3.63) is 138 Å². The Hall–Kier alpha value is -4.81. The number of carbonyl (C=O) groups excluding carboxylic acids is 2. The molecule has 0 saturated carbocycles. The number of carboxylic acids is 1. The molecule has 1 atom stereocenters. The van der Waals surface area contributed by atoms with Crippen LogP contribution in [0, 0.1) is 6.92 Å². The molecule has 0 aliphatic heterocycles. The summed E-state index contributed by atoms with van der Waals surface area (Å²) in [7, 11) is 4.10. The van der Waals surface area contributed by atoms with Crippen LogP contribution in [0.5, 0.6) is 5.75 Å². The highest BCUT2D eigenvalue weighted by atomic mass is 16.5. The maximum absolute atomic E-state index is 11.8. The Morgan fingerprint density at radius 1 is 0.775 bits per heavy atom. The largest absolute Gasteiger partial charge is 0.478 e. The Balaban J connectivity index is 0.000000263. The molecule has 0 aromatic heterocycles. The van der Waals surface area contributed by atoms with Crippen molar-refractivity contribution < 1.29 is 24.2 Å². The van der Waals surface area contributed by atoms with Crippen LogP contribution in [0.4, 0.5) is 0 Å². The molecule has 0 amide bonds. The molecule has 0 aliphatic rings. The van der Waals surface area contributed by atoms with E-state index in [1.165, 1.54) is 5.56 Å². The molecule has 6 heteroatoms. The van der Waals surface area contributed by atoms with Crippen molar-refractivity contribution in [1.29, 1.82) is 0 Å². The lowest BCUT2D eigenvalue weighted by molar-refractivity contribution is -0.133. The van der Waals surface area contributed by atoms with Gasteiger partial charge in [-0.15, -0.1) is 0 Å². The van der Waals surface area contributed by atoms with Crippen LogP contribution < -0.4 is 4.74 Å². The molecule has 0 bridgehead atoms. The zero-order valence-corrected chi connectivity index (χ0v) is 23.1. The number of benzene rings is 4. The maximum atomic E-state index is 11.8. The first-order valence-electron chi connectivity index (χ1n) is 12.8. The summed E-state index contributed by atoms with van der Waals surface area (Å²) in [5.41, 5.74) is 5.81. The molecule has 4 aromatic rings. The van der Waals surface area contributed by atoms with Crippen LogP contribution in [0.15, 0.2) is 115 Å². The van der Waals surface area contributed by atoms with Gasteiger partial charge in [-0.3, -0.25) is 4.79 Å². The van der Waals surface area contributed by atoms with E-state index in [2.05, 4.69) is 36.1 Å². The standard InChI is InChI=1S/C21H23NO4.C13H10O/c1-14-13-18(26-21(25)12-11-20(23)24)9-10-19(14)17-7-5-16(6-8-17)15(2)22(3)4;14-13(11-7-3-1-4-8-11)12-9-5-2-6-10-12/h5-13,15H,1-4H3,(H,23,24);1-10H/b12-11+;. The van der Waals surface area contributed by atoms with Gasteiger partial charge in [-0.1, -0.05) is 91.0 Å². The van der Waals surface area contributed by atoms with E-state index in [0.29, 0.717) is 11.8 Å². The summed E-state index contributed by atoms with van der Waals surface area (Å²) in [6.07, 6.45) is 1.63. The van der Waals surface area contributed by atoms with Crippen molar-refractivity contribution >= 4 is 17.7 Å². The van der Waals surface area contributed by atoms with Crippen LogP contribution in [0.2, 0.25) is 0 Å². The van der Waals surface area contributed by atoms with E-state index < -0.39 is 11.9 Å². The third-order valence-electron chi connectivity index (χ3n) is 6.33. The lowest BCUT2D eigenvalue weighted by atomic mass is 9.97. The molecule has 0 saturated heterocycles. The molecule has 1 unspecified atom stereocenters. The molecule has 0 radical (unpaired) electrons. The highest BCUT2D eigenvalue weighted by Crippen LogP contribution is 2.28. The third-order valence-corrected chi connectivity index (χ3v) is 6.33. The number of aryl methyl sites for hydroxylation is 1. The summed E-state index contributed by atoms with van der Waals surface area (Å²) in [4.78, 5) is 36.0. The summed E-state index contributed by atoms with van der Waals surface area (Å²) in [6, 6.07) is 32.7. The number of rotatable bonds is 8. The van der Waals surface area contributed by atoms with Gasteiger partial charge in [-0.2, -0.15) is 0 Å². The molecule has 40 heavy (non-hydrogen) atoms. The molecule has 0 fully saturated rings. The van der Waals surface area contributed by atoms with Crippen LogP contribution in [0.1, 0.15) is 40.0 Å². The van der Waals surface area contributed by atoms with Gasteiger partial charge in [0.2, 0.25) is 0 Å². The number of ether oxygens (including phenoxy) is 1. The van der Waals surface area contributed by atoms with Gasteiger partial charge in [0.05, 0.1) is 0 Å². The zero-order chi connectivity index (χ0) is 29.1. The van der Waals surface area contributed by atoms with E-state index in [0.717, 1.165) is 40.0 Å². The minimum absolute atomic E-state index is 0.0752. The van der Waals surface area contributed by atoms with Crippen LogP contribution in [-0.2, 0) is 9.59 Å². The van der Waals surface area contributed by atoms with Crippen LogP contribution in [0.25, 0.3) is 11.1 Å². The molecule has 0 spiro atoms. The predicted octanol–water partition coefficient (Wildman–Crippen LogP) is 6.75. The SMILES string of the molecule is Cc1cc(OC(=O)/C=C/C(=O)O)ccc1-c1ccc(C(C)N(C)C)cc1.O=C(c1ccccc1)c1ccccc1. The second-order valence-electron chi connectivity index (χ2n) is 9.39. The summed E-state index contributed by atoms with van der Waals surface area (Å²) < 4.78 is 5.12. The Morgan fingerprint density at radius 2 is 1.32 bits per heavy atom. The fourth-order valence-corrected chi connectivity index (χ4v) is 3.90. The van der Waals surface area contributed by atoms with Gasteiger partial charge in [-0.25, -0.2) is 9.59 Å². The predicted molar refractivity (Wildman–Crippen MR) is 157 cm³/mol. The lowest BCUT2D eigenvalue weighted by Gasteiger charge is -2.20. The van der Waals surface area contributed by atoms with Crippen molar-refractivity contribution in [2.24, 2.45) is 0 Å². The van der Waals surface area contributed by atoms with Crippen molar-refractivity contribution in [2.45, 2.75) is 19.9 Å². The number of aliphatic carboxylic acids is 1. The first kappa shape index (κ1) is 29.7. The number of carboxylic acid groups (broad SMARTS) is 1. The van der Waals surface area contributed by atoms with E-state index in [1.54, 1.807) is 12.1 Å². The first-order chi connectivity index (χ1) is 19.2. The molecule has 0 aliphatic carbocycles. The van der Waals surface area contributed by atoms with Crippen molar-refractivity contribution in [1.82, 2.24) is 4.90 Å². The maximum Gasteiger partial charge on any atom is 0.336 e. The second-order valence-corrected chi connectivity index (χ2v) is 9.39. The van der Waals surface area contributed by atoms with Gasteiger partial charge in [0, 0.05) is 29.3 Å². The van der Waals surface area contributed by atoms with Gasteiger partial charge in [-0.05, 0) is 62.3 Å². The van der Waals surface area contributed by atoms with E-state index in [-0.39, 0.29) is 5.78 Å². The average molecular weight is 536 g/mol. The Morgan fingerprint density at radius 3 is 1.80 bits per heavy atom. The first-order valence-corrected chi connectivity index (χ1v) is 12.8. The number of hydrogen-bond acceptors (Lipinski definition) is 5. The van der Waals surface area contributed by atoms with Gasteiger partial charge in [0.15, 0.2) is 5.78 Å². The van der Waals surface area contributed by atoms with Gasteiger partial charge in [0.1, 0.15) is 5.75 Å². The fourth-order valence-electron chi connectivity index (χ4n) is 3.90. The number of esters is 1. The minimum atomic E-state index is -1.19. The molecule has 4 rings (SSSR count). The zero-order valence-electron chi connectivity index (χ0n) is 23.1. The third kappa shape index (κ3) is 8.61. The Bertz CT molecular complexity index is 1420. The number of nitrogens with zero attached hydrogens (tertiary/aromatic N) is 1. The van der Waals surface area contributed by atoms with Gasteiger partial charge < -0.3 is 14.7 Å². The second kappa shape index (κ2) is 14.4. The minimum Gasteiger partial charge on any atom is -0.478 e. The van der Waals surface area contributed by atoms with Crippen LogP contribution >= 0.6 is 0 Å². The smallest absolute Gasteiger partial charge is 0.336 e. The summed E-state index contributed by atoms with van der Waals surface area (Å²) in [6.45, 7) is 4.10. The van der Waals surface area contributed by atoms with Gasteiger partial charge in [0.25, 0.3) is 0 Å². The quantitative estimate of drug-likeness (QED) is 0.116. The Labute approximate surface area is 235 Å². The Kier molecular flexibility index (Phi) is 10.7.